The molecule has 1 unspecified atom stereocenters. The highest BCUT2D eigenvalue weighted by molar-refractivity contribution is 7.21. The Morgan fingerprint density at radius 2 is 2.16 bits per heavy atom. The van der Waals surface area contributed by atoms with Crippen LogP contribution in [0.15, 0.2) is 24.3 Å². The minimum atomic E-state index is -0.832. The standard InChI is InChI=1S/C15H19NO2S/c1-3-6-10(2)16-9-12-11-7-4-5-8-13(11)19-14(12)15(17)18/h4-5,7-8,10,16H,3,6,9H2,1-2H3,(H,17,18). The first-order chi connectivity index (χ1) is 9.13. The van der Waals surface area contributed by atoms with Gasteiger partial charge in [0, 0.05) is 17.3 Å². The van der Waals surface area contributed by atoms with E-state index in [1.54, 1.807) is 0 Å². The Labute approximate surface area is 117 Å². The maximum absolute atomic E-state index is 11.3. The minimum absolute atomic E-state index is 0.408. The van der Waals surface area contributed by atoms with Gasteiger partial charge in [-0.15, -0.1) is 11.3 Å². The second kappa shape index (κ2) is 6.17. The molecule has 0 bridgehead atoms. The first-order valence-corrected chi connectivity index (χ1v) is 7.42. The minimum Gasteiger partial charge on any atom is -0.477 e. The molecule has 3 nitrogen and oxygen atoms in total. The van der Waals surface area contributed by atoms with Crippen LogP contribution in [-0.2, 0) is 6.54 Å². The van der Waals surface area contributed by atoms with Crippen LogP contribution in [0.2, 0.25) is 0 Å². The van der Waals surface area contributed by atoms with E-state index in [1.165, 1.54) is 11.3 Å². The van der Waals surface area contributed by atoms with Crippen LogP contribution in [-0.4, -0.2) is 17.1 Å². The monoisotopic (exact) mass is 277 g/mol. The van der Waals surface area contributed by atoms with Crippen LogP contribution in [0.5, 0.6) is 0 Å². The van der Waals surface area contributed by atoms with E-state index in [0.717, 1.165) is 28.5 Å². The van der Waals surface area contributed by atoms with Crippen molar-refractivity contribution in [2.24, 2.45) is 0 Å². The van der Waals surface area contributed by atoms with Crippen LogP contribution in [0, 0.1) is 0 Å². The molecule has 0 amide bonds. The Hall–Kier alpha value is -1.39. The van der Waals surface area contributed by atoms with E-state index in [0.29, 0.717) is 17.5 Å². The lowest BCUT2D eigenvalue weighted by molar-refractivity contribution is 0.0701. The molecule has 0 saturated carbocycles. The van der Waals surface area contributed by atoms with Gasteiger partial charge in [-0.3, -0.25) is 0 Å². The van der Waals surface area contributed by atoms with Gasteiger partial charge in [-0.1, -0.05) is 31.5 Å². The summed E-state index contributed by atoms with van der Waals surface area (Å²) < 4.78 is 1.04. The molecule has 2 N–H and O–H groups in total. The molecular formula is C15H19NO2S. The lowest BCUT2D eigenvalue weighted by Gasteiger charge is -2.12. The van der Waals surface area contributed by atoms with Crippen LogP contribution in [0.3, 0.4) is 0 Å². The third-order valence-electron chi connectivity index (χ3n) is 3.24. The van der Waals surface area contributed by atoms with Crippen molar-refractivity contribution >= 4 is 27.4 Å². The summed E-state index contributed by atoms with van der Waals surface area (Å²) in [5.41, 5.74) is 0.913. The maximum atomic E-state index is 11.3. The van der Waals surface area contributed by atoms with E-state index in [2.05, 4.69) is 19.2 Å². The average molecular weight is 277 g/mol. The Morgan fingerprint density at radius 1 is 1.42 bits per heavy atom. The number of hydrogen-bond acceptors (Lipinski definition) is 3. The van der Waals surface area contributed by atoms with Gasteiger partial charge >= 0.3 is 5.97 Å². The molecule has 2 aromatic rings. The summed E-state index contributed by atoms with van der Waals surface area (Å²) in [6.45, 7) is 4.91. The number of aromatic carboxylic acids is 1. The van der Waals surface area contributed by atoms with E-state index in [9.17, 15) is 9.90 Å². The molecule has 1 aromatic carbocycles. The van der Waals surface area contributed by atoms with Crippen LogP contribution >= 0.6 is 11.3 Å². The van der Waals surface area contributed by atoms with Crippen molar-refractivity contribution in [2.75, 3.05) is 0 Å². The first-order valence-electron chi connectivity index (χ1n) is 6.60. The van der Waals surface area contributed by atoms with Gasteiger partial charge in [0.2, 0.25) is 0 Å². The molecule has 1 aromatic heterocycles. The van der Waals surface area contributed by atoms with Gasteiger partial charge in [-0.2, -0.15) is 0 Å². The van der Waals surface area contributed by atoms with Crippen molar-refractivity contribution in [1.82, 2.24) is 5.32 Å². The smallest absolute Gasteiger partial charge is 0.346 e. The van der Waals surface area contributed by atoms with E-state index in [4.69, 9.17) is 0 Å². The SMILES string of the molecule is CCCC(C)NCc1c(C(=O)O)sc2ccccc12. The van der Waals surface area contributed by atoms with E-state index in [-0.39, 0.29) is 0 Å². The molecule has 19 heavy (non-hydrogen) atoms. The fraction of sp³-hybridized carbons (Fsp3) is 0.400. The van der Waals surface area contributed by atoms with Crippen LogP contribution in [0.25, 0.3) is 10.1 Å². The molecule has 0 spiro atoms. The maximum Gasteiger partial charge on any atom is 0.346 e. The summed E-state index contributed by atoms with van der Waals surface area (Å²) in [7, 11) is 0. The molecule has 0 fully saturated rings. The summed E-state index contributed by atoms with van der Waals surface area (Å²) in [4.78, 5) is 11.8. The van der Waals surface area contributed by atoms with Gasteiger partial charge in [0.1, 0.15) is 4.88 Å². The molecule has 0 radical (unpaired) electrons. The molecule has 1 heterocycles. The Balaban J connectivity index is 2.29. The van der Waals surface area contributed by atoms with Gasteiger partial charge in [0.25, 0.3) is 0 Å². The van der Waals surface area contributed by atoms with Crippen molar-refractivity contribution in [3.63, 3.8) is 0 Å². The summed E-state index contributed by atoms with van der Waals surface area (Å²) in [6, 6.07) is 8.29. The number of carboxylic acid groups (broad SMARTS) is 1. The van der Waals surface area contributed by atoms with Crippen LogP contribution < -0.4 is 5.32 Å². The summed E-state index contributed by atoms with van der Waals surface area (Å²) in [5, 5.41) is 13.8. The predicted molar refractivity (Wildman–Crippen MR) is 80.0 cm³/mol. The number of rotatable bonds is 6. The van der Waals surface area contributed by atoms with Crippen molar-refractivity contribution in [1.29, 1.82) is 0 Å². The van der Waals surface area contributed by atoms with Gasteiger partial charge in [-0.05, 0) is 30.4 Å². The number of carboxylic acids is 1. The molecule has 2 rings (SSSR count). The Morgan fingerprint density at radius 3 is 2.84 bits per heavy atom. The van der Waals surface area contributed by atoms with E-state index in [1.807, 2.05) is 24.3 Å². The van der Waals surface area contributed by atoms with Crippen LogP contribution in [0.1, 0.15) is 41.9 Å². The fourth-order valence-corrected chi connectivity index (χ4v) is 3.32. The highest BCUT2D eigenvalue weighted by atomic mass is 32.1. The van der Waals surface area contributed by atoms with Gasteiger partial charge < -0.3 is 10.4 Å². The molecular weight excluding hydrogens is 258 g/mol. The number of carbonyl (C=O) groups is 1. The second-order valence-electron chi connectivity index (χ2n) is 4.78. The molecule has 0 saturated heterocycles. The highest BCUT2D eigenvalue weighted by Crippen LogP contribution is 2.31. The third kappa shape index (κ3) is 3.14. The quantitative estimate of drug-likeness (QED) is 0.842. The largest absolute Gasteiger partial charge is 0.477 e. The van der Waals surface area contributed by atoms with Gasteiger partial charge in [0.15, 0.2) is 0 Å². The van der Waals surface area contributed by atoms with Crippen molar-refractivity contribution < 1.29 is 9.90 Å². The number of benzene rings is 1. The fourth-order valence-electron chi connectivity index (χ4n) is 2.26. The normalized spacial score (nSPS) is 12.7. The van der Waals surface area contributed by atoms with E-state index < -0.39 is 5.97 Å². The molecule has 102 valence electrons. The number of thiophene rings is 1. The van der Waals surface area contributed by atoms with Crippen molar-refractivity contribution in [2.45, 2.75) is 39.3 Å². The molecule has 1 atom stereocenters. The third-order valence-corrected chi connectivity index (χ3v) is 4.44. The van der Waals surface area contributed by atoms with Crippen molar-refractivity contribution in [3.05, 3.63) is 34.7 Å². The average Bonchev–Trinajstić information content (AvgIpc) is 2.75. The lowest BCUT2D eigenvalue weighted by Crippen LogP contribution is -2.25. The van der Waals surface area contributed by atoms with Crippen LogP contribution in [0.4, 0.5) is 0 Å². The topological polar surface area (TPSA) is 49.3 Å². The van der Waals surface area contributed by atoms with Gasteiger partial charge in [0.05, 0.1) is 0 Å². The summed E-state index contributed by atoms with van der Waals surface area (Å²) in [6.07, 6.45) is 2.23. The number of nitrogens with one attached hydrogen (secondary N) is 1. The Kier molecular flexibility index (Phi) is 4.56. The molecule has 0 aliphatic carbocycles. The summed E-state index contributed by atoms with van der Waals surface area (Å²) in [5.74, 6) is -0.832. The predicted octanol–water partition coefficient (Wildman–Crippen LogP) is 3.88. The highest BCUT2D eigenvalue weighted by Gasteiger charge is 2.17. The molecule has 4 heteroatoms. The zero-order valence-electron chi connectivity index (χ0n) is 11.3. The number of hydrogen-bond donors (Lipinski definition) is 2. The number of fused-ring (bicyclic) bond motifs is 1. The molecule has 0 aliphatic heterocycles. The van der Waals surface area contributed by atoms with E-state index >= 15 is 0 Å². The van der Waals surface area contributed by atoms with Crippen molar-refractivity contribution in [3.8, 4) is 0 Å². The summed E-state index contributed by atoms with van der Waals surface area (Å²) >= 11 is 1.36. The molecule has 0 aliphatic rings. The lowest BCUT2D eigenvalue weighted by atomic mass is 10.1. The first kappa shape index (κ1) is 14.0. The van der Waals surface area contributed by atoms with Gasteiger partial charge in [-0.25, -0.2) is 4.79 Å². The Bertz CT molecular complexity index is 577. The zero-order valence-corrected chi connectivity index (χ0v) is 12.1. The zero-order chi connectivity index (χ0) is 13.8. The second-order valence-corrected chi connectivity index (χ2v) is 5.83.